The van der Waals surface area contributed by atoms with E-state index < -0.39 is 0 Å². The molecular formula is C19H29Cl2N5O. The number of allylic oxidation sites excluding steroid dienone is 1. The Kier molecular flexibility index (Phi) is 7.44. The number of hydrogen-bond donors (Lipinski definition) is 1. The zero-order valence-electron chi connectivity index (χ0n) is 16.0. The quantitative estimate of drug-likeness (QED) is 0.660. The minimum atomic E-state index is 0.226. The average Bonchev–Trinajstić information content (AvgIpc) is 3.01. The van der Waals surface area contributed by atoms with Crippen molar-refractivity contribution in [3.63, 3.8) is 0 Å². The van der Waals surface area contributed by atoms with Crippen LogP contribution < -0.4 is 5.32 Å². The fourth-order valence-electron chi connectivity index (χ4n) is 3.86. The van der Waals surface area contributed by atoms with Crippen LogP contribution in [0.3, 0.4) is 0 Å². The van der Waals surface area contributed by atoms with E-state index in [0.29, 0.717) is 24.6 Å². The highest BCUT2D eigenvalue weighted by atomic mass is 35.5. The lowest BCUT2D eigenvalue weighted by Gasteiger charge is -2.28. The minimum absolute atomic E-state index is 0.226. The van der Waals surface area contributed by atoms with Crippen LogP contribution in [0.15, 0.2) is 5.70 Å². The first-order valence-corrected chi connectivity index (χ1v) is 10.8. The first-order chi connectivity index (χ1) is 13.1. The normalized spacial score (nSPS) is 16.9. The molecule has 1 aliphatic heterocycles. The van der Waals surface area contributed by atoms with Gasteiger partial charge in [-0.1, -0.05) is 0 Å². The van der Waals surface area contributed by atoms with Crippen molar-refractivity contribution in [2.45, 2.75) is 25.7 Å². The summed E-state index contributed by atoms with van der Waals surface area (Å²) >= 11 is 11.9. The first-order valence-electron chi connectivity index (χ1n) is 9.74. The summed E-state index contributed by atoms with van der Waals surface area (Å²) in [5.41, 5.74) is 3.53. The maximum absolute atomic E-state index is 12.4. The van der Waals surface area contributed by atoms with Crippen molar-refractivity contribution in [2.75, 3.05) is 51.0 Å². The second-order valence-corrected chi connectivity index (χ2v) is 7.81. The number of aryl methyl sites for hydroxylation is 1. The largest absolute Gasteiger partial charge is 0.372 e. The van der Waals surface area contributed by atoms with E-state index >= 15 is 0 Å². The van der Waals surface area contributed by atoms with E-state index in [2.05, 4.69) is 27.9 Å². The molecule has 1 amide bonds. The summed E-state index contributed by atoms with van der Waals surface area (Å²) in [4.78, 5) is 21.5. The molecule has 2 heterocycles. The Morgan fingerprint density at radius 1 is 1.22 bits per heavy atom. The Morgan fingerprint density at radius 2 is 1.93 bits per heavy atom. The molecule has 0 unspecified atom stereocenters. The van der Waals surface area contributed by atoms with E-state index in [1.165, 1.54) is 11.4 Å². The number of imidazole rings is 1. The molecule has 27 heavy (non-hydrogen) atoms. The molecule has 0 bridgehead atoms. The Hall–Kier alpha value is -1.24. The number of hydrogen-bond acceptors (Lipinski definition) is 4. The molecule has 150 valence electrons. The number of carbonyl (C=O) groups excluding carboxylic acids is 1. The van der Waals surface area contributed by atoms with Crippen LogP contribution in [0.25, 0.3) is 6.08 Å². The predicted molar refractivity (Wildman–Crippen MR) is 110 cm³/mol. The summed E-state index contributed by atoms with van der Waals surface area (Å²) in [7, 11) is 2.06. The second kappa shape index (κ2) is 9.80. The molecule has 6 nitrogen and oxygen atoms in total. The zero-order valence-corrected chi connectivity index (χ0v) is 17.5. The molecule has 0 aromatic carbocycles. The third kappa shape index (κ3) is 4.98. The Labute approximate surface area is 171 Å². The van der Waals surface area contributed by atoms with E-state index in [1.54, 1.807) is 0 Å². The summed E-state index contributed by atoms with van der Waals surface area (Å²) in [6, 6.07) is 0. The Balaban J connectivity index is 1.67. The second-order valence-electron chi connectivity index (χ2n) is 7.05. The SMILES string of the molecule is Cn1c(CCC(=O)N2CCNCC2)nc2c1CCC(N(CCCl)CCCl)=C2. The number of halogens is 2. The summed E-state index contributed by atoms with van der Waals surface area (Å²) in [6.07, 6.45) is 5.30. The molecule has 0 atom stereocenters. The maximum Gasteiger partial charge on any atom is 0.223 e. The molecule has 1 fully saturated rings. The third-order valence-electron chi connectivity index (χ3n) is 5.41. The van der Waals surface area contributed by atoms with Gasteiger partial charge in [-0.15, -0.1) is 23.2 Å². The standard InChI is InChI=1S/C19H29Cl2N5O/c1-24-17-3-2-15(25(10-6-20)11-7-21)14-16(17)23-18(24)4-5-19(27)26-12-8-22-9-13-26/h14,22H,2-13H2,1H3. The monoisotopic (exact) mass is 413 g/mol. The van der Waals surface area contributed by atoms with Gasteiger partial charge in [-0.25, -0.2) is 4.98 Å². The van der Waals surface area contributed by atoms with E-state index in [4.69, 9.17) is 28.2 Å². The fourth-order valence-corrected chi connectivity index (χ4v) is 4.27. The number of piperazine rings is 1. The lowest BCUT2D eigenvalue weighted by atomic mass is 10.0. The molecule has 0 spiro atoms. The number of amides is 1. The molecule has 1 saturated heterocycles. The van der Waals surface area contributed by atoms with Crippen molar-refractivity contribution in [2.24, 2.45) is 7.05 Å². The van der Waals surface area contributed by atoms with E-state index in [9.17, 15) is 4.79 Å². The average molecular weight is 414 g/mol. The highest BCUT2D eigenvalue weighted by Gasteiger charge is 2.22. The van der Waals surface area contributed by atoms with E-state index in [-0.39, 0.29) is 5.91 Å². The molecule has 0 radical (unpaired) electrons. The van der Waals surface area contributed by atoms with Crippen LogP contribution in [0.1, 0.15) is 30.1 Å². The number of nitrogens with zero attached hydrogens (tertiary/aromatic N) is 4. The van der Waals surface area contributed by atoms with E-state index in [0.717, 1.165) is 63.6 Å². The fraction of sp³-hybridized carbons (Fsp3) is 0.684. The van der Waals surface area contributed by atoms with Gasteiger partial charge in [0.2, 0.25) is 5.91 Å². The summed E-state index contributed by atoms with van der Waals surface area (Å²) in [5.74, 6) is 2.39. The van der Waals surface area contributed by atoms with Gasteiger partial charge >= 0.3 is 0 Å². The molecule has 1 aliphatic carbocycles. The number of aromatic nitrogens is 2. The number of alkyl halides is 2. The molecule has 0 saturated carbocycles. The summed E-state index contributed by atoms with van der Waals surface area (Å²) < 4.78 is 2.17. The molecule has 1 N–H and O–H groups in total. The topological polar surface area (TPSA) is 53.4 Å². The van der Waals surface area contributed by atoms with Crippen LogP contribution in [0.5, 0.6) is 0 Å². The van der Waals surface area contributed by atoms with Crippen molar-refractivity contribution in [3.05, 3.63) is 22.9 Å². The Bertz CT molecular complexity index is 676. The summed E-state index contributed by atoms with van der Waals surface area (Å²) in [5, 5.41) is 3.28. The lowest BCUT2D eigenvalue weighted by molar-refractivity contribution is -0.131. The number of nitrogens with one attached hydrogen (secondary N) is 1. The predicted octanol–water partition coefficient (Wildman–Crippen LogP) is 1.85. The highest BCUT2D eigenvalue weighted by Crippen LogP contribution is 2.26. The van der Waals surface area contributed by atoms with Gasteiger partial charge in [0, 0.05) is 82.3 Å². The van der Waals surface area contributed by atoms with Crippen molar-refractivity contribution in [3.8, 4) is 0 Å². The molecule has 1 aromatic heterocycles. The van der Waals surface area contributed by atoms with Crippen LogP contribution in [0, 0.1) is 0 Å². The number of rotatable bonds is 8. The van der Waals surface area contributed by atoms with Gasteiger partial charge in [-0.2, -0.15) is 0 Å². The number of fused-ring (bicyclic) bond motifs is 1. The van der Waals surface area contributed by atoms with Gasteiger partial charge in [-0.3, -0.25) is 4.79 Å². The molecule has 2 aliphatic rings. The van der Waals surface area contributed by atoms with Crippen molar-refractivity contribution < 1.29 is 4.79 Å². The van der Waals surface area contributed by atoms with Crippen LogP contribution >= 0.6 is 23.2 Å². The highest BCUT2D eigenvalue weighted by molar-refractivity contribution is 6.18. The van der Waals surface area contributed by atoms with Crippen LogP contribution in [0.2, 0.25) is 0 Å². The zero-order chi connectivity index (χ0) is 19.2. The maximum atomic E-state index is 12.4. The van der Waals surface area contributed by atoms with Gasteiger partial charge in [-0.05, 0) is 18.9 Å². The third-order valence-corrected chi connectivity index (χ3v) is 5.74. The minimum Gasteiger partial charge on any atom is -0.372 e. The first kappa shape index (κ1) is 20.5. The molecule has 3 rings (SSSR count). The van der Waals surface area contributed by atoms with Crippen molar-refractivity contribution >= 4 is 35.2 Å². The van der Waals surface area contributed by atoms with Gasteiger partial charge < -0.3 is 19.7 Å². The van der Waals surface area contributed by atoms with Crippen LogP contribution in [0.4, 0.5) is 0 Å². The molecule has 8 heteroatoms. The van der Waals surface area contributed by atoms with Crippen molar-refractivity contribution in [1.29, 1.82) is 0 Å². The van der Waals surface area contributed by atoms with Crippen LogP contribution in [-0.4, -0.2) is 76.3 Å². The lowest BCUT2D eigenvalue weighted by Crippen LogP contribution is -2.46. The molecular weight excluding hydrogens is 385 g/mol. The van der Waals surface area contributed by atoms with Gasteiger partial charge in [0.05, 0.1) is 5.69 Å². The Morgan fingerprint density at radius 3 is 2.59 bits per heavy atom. The summed E-state index contributed by atoms with van der Waals surface area (Å²) in [6.45, 7) is 4.98. The van der Waals surface area contributed by atoms with Gasteiger partial charge in [0.1, 0.15) is 5.82 Å². The van der Waals surface area contributed by atoms with Gasteiger partial charge in [0.25, 0.3) is 0 Å². The van der Waals surface area contributed by atoms with E-state index in [1.807, 2.05) is 4.90 Å². The smallest absolute Gasteiger partial charge is 0.223 e. The molecule has 1 aromatic rings. The number of carbonyl (C=O) groups is 1. The van der Waals surface area contributed by atoms with Crippen LogP contribution in [-0.2, 0) is 24.7 Å². The van der Waals surface area contributed by atoms with Gasteiger partial charge in [0.15, 0.2) is 0 Å². The van der Waals surface area contributed by atoms with Crippen molar-refractivity contribution in [1.82, 2.24) is 24.7 Å².